The molecule has 2 unspecified atom stereocenters. The van der Waals surface area contributed by atoms with Crippen LogP contribution in [0.25, 0.3) is 0 Å². The van der Waals surface area contributed by atoms with Crippen molar-refractivity contribution in [1.82, 2.24) is 4.98 Å². The summed E-state index contributed by atoms with van der Waals surface area (Å²) >= 11 is -1.31. The van der Waals surface area contributed by atoms with Crippen LogP contribution in [0.5, 0.6) is 0 Å². The minimum absolute atomic E-state index is 0.157. The summed E-state index contributed by atoms with van der Waals surface area (Å²) in [6, 6.07) is 5.51. The molecule has 21 heavy (non-hydrogen) atoms. The average Bonchev–Trinajstić information content (AvgIpc) is 2.37. The van der Waals surface area contributed by atoms with Gasteiger partial charge in [0.25, 0.3) is 0 Å². The molecule has 1 aromatic heterocycles. The summed E-state index contributed by atoms with van der Waals surface area (Å²) < 4.78 is 10.6. The molecule has 0 N–H and O–H groups in total. The third-order valence-corrected chi connectivity index (χ3v) is 3.81. The molecule has 1 aromatic rings. The first-order valence-corrected chi connectivity index (χ1v) is 9.89. The molecule has 0 spiro atoms. The van der Waals surface area contributed by atoms with Crippen molar-refractivity contribution in [3.8, 4) is 0 Å². The van der Waals surface area contributed by atoms with E-state index in [2.05, 4.69) is 4.98 Å². The van der Waals surface area contributed by atoms with E-state index >= 15 is 0 Å². The third kappa shape index (κ3) is 6.39. The fourth-order valence-corrected chi connectivity index (χ4v) is 2.75. The number of rotatable bonds is 7. The fourth-order valence-electron chi connectivity index (χ4n) is 1.82. The van der Waals surface area contributed by atoms with E-state index in [9.17, 15) is 9.59 Å². The Labute approximate surface area is 130 Å². The van der Waals surface area contributed by atoms with Crippen molar-refractivity contribution in [2.24, 2.45) is 0 Å². The van der Waals surface area contributed by atoms with Crippen molar-refractivity contribution < 1.29 is 18.1 Å². The van der Waals surface area contributed by atoms with E-state index in [1.165, 1.54) is 0 Å². The summed E-state index contributed by atoms with van der Waals surface area (Å²) in [6.07, 6.45) is -1.26. The predicted octanol–water partition coefficient (Wildman–Crippen LogP) is 2.09. The molecule has 6 heteroatoms. The molecule has 0 radical (unpaired) electrons. The van der Waals surface area contributed by atoms with Gasteiger partial charge in [-0.05, 0) is 32.9 Å². The van der Waals surface area contributed by atoms with Gasteiger partial charge in [0.1, 0.15) is 6.10 Å². The second-order valence-electron chi connectivity index (χ2n) is 5.32. The van der Waals surface area contributed by atoms with Crippen molar-refractivity contribution in [2.45, 2.75) is 51.0 Å². The molecule has 5 nitrogen and oxygen atoms in total. The van der Waals surface area contributed by atoms with Gasteiger partial charge < -0.3 is 8.53 Å². The number of aryl methyl sites for hydroxylation is 1. The molecule has 0 amide bonds. The second kappa shape index (κ2) is 8.28. The van der Waals surface area contributed by atoms with E-state index in [4.69, 9.17) is 8.53 Å². The number of aromatic nitrogens is 1. The molecule has 114 valence electrons. The van der Waals surface area contributed by atoms with E-state index in [-0.39, 0.29) is 12.2 Å². The highest BCUT2D eigenvalue weighted by molar-refractivity contribution is 6.48. The van der Waals surface area contributed by atoms with Gasteiger partial charge >= 0.3 is 20.5 Å². The highest BCUT2D eigenvalue weighted by Crippen LogP contribution is 2.06. The van der Waals surface area contributed by atoms with E-state index in [0.29, 0.717) is 5.69 Å². The fraction of sp³-hybridized carbons (Fsp3) is 0.533. The van der Waals surface area contributed by atoms with Crippen LogP contribution in [0.2, 0.25) is 11.6 Å². The quantitative estimate of drug-likeness (QED) is 0.570. The van der Waals surface area contributed by atoms with E-state index in [0.717, 1.165) is 5.69 Å². The number of carbonyl (C=O) groups excluding carboxylic acids is 2. The first-order chi connectivity index (χ1) is 9.79. The Hall–Kier alpha value is -1.22. The number of hydrogen-bond donors (Lipinski definition) is 0. The maximum atomic E-state index is 12.1. The van der Waals surface area contributed by atoms with E-state index in [1.807, 2.05) is 30.6 Å². The average molecular weight is 307 g/mol. The lowest BCUT2D eigenvalue weighted by atomic mass is 10.1. The number of hydrogen-bond acceptors (Lipinski definition) is 5. The van der Waals surface area contributed by atoms with Crippen LogP contribution in [0.4, 0.5) is 0 Å². The summed E-state index contributed by atoms with van der Waals surface area (Å²) in [5.41, 5.74) is 1.54. The summed E-state index contributed by atoms with van der Waals surface area (Å²) in [4.78, 5) is 28.1. The number of ether oxygens (including phenoxy) is 1. The molecule has 0 saturated carbocycles. The van der Waals surface area contributed by atoms with Gasteiger partial charge in [-0.15, -0.1) is 0 Å². The predicted molar refractivity (Wildman–Crippen MR) is 81.3 cm³/mol. The molecule has 0 bridgehead atoms. The molecule has 0 aromatic carbocycles. The molecule has 1 heterocycles. The molecular formula is C15H22AlNO4. The minimum Gasteiger partial charge on any atom is -0.490 e. The Morgan fingerprint density at radius 2 is 1.90 bits per heavy atom. The number of Topliss-reactive ketones (excluding diaryl/α,β-unsaturated/α-hetero) is 1. The Bertz CT molecular complexity index is 504. The van der Waals surface area contributed by atoms with Gasteiger partial charge in [0.15, 0.2) is 11.9 Å². The number of carbonyl (C=O) groups is 2. The molecule has 1 rings (SSSR count). The third-order valence-electron chi connectivity index (χ3n) is 2.86. The Balaban J connectivity index is 2.53. The maximum Gasteiger partial charge on any atom is 0.454 e. The highest BCUT2D eigenvalue weighted by atomic mass is 27.2. The number of nitrogens with zero attached hydrogens (tertiary/aromatic N) is 1. The monoisotopic (exact) mass is 307 g/mol. The van der Waals surface area contributed by atoms with Crippen LogP contribution >= 0.6 is 0 Å². The Morgan fingerprint density at radius 1 is 1.24 bits per heavy atom. The largest absolute Gasteiger partial charge is 0.490 e. The topological polar surface area (TPSA) is 65.5 Å². The van der Waals surface area contributed by atoms with Crippen LogP contribution in [0.1, 0.15) is 25.2 Å². The Kier molecular flexibility index (Phi) is 7.03. The molecule has 0 fully saturated rings. The molecule has 0 aliphatic heterocycles. The zero-order valence-electron chi connectivity index (χ0n) is 13.3. The first kappa shape index (κ1) is 17.8. The van der Waals surface area contributed by atoms with Crippen LogP contribution < -0.4 is 0 Å². The number of esters is 1. The van der Waals surface area contributed by atoms with Gasteiger partial charge in [-0.1, -0.05) is 17.6 Å². The summed E-state index contributed by atoms with van der Waals surface area (Å²) in [5, 5.41) is 0. The zero-order chi connectivity index (χ0) is 16.0. The second-order valence-corrected chi connectivity index (χ2v) is 7.69. The maximum absolute atomic E-state index is 12.1. The standard InChI is InChI=1S/C13H16NO4.2CH3.Al/c1-8-5-4-6-11(14-8)7-12(16)10(3)18-13(17)9(2)15;;;/h4-6,9-10H,7H2,1-3H3;2*1H3;/q-1;;;+1. The van der Waals surface area contributed by atoms with Crippen molar-refractivity contribution in [3.05, 3.63) is 29.6 Å². The van der Waals surface area contributed by atoms with Crippen LogP contribution in [0, 0.1) is 6.92 Å². The van der Waals surface area contributed by atoms with Gasteiger partial charge in [-0.2, -0.15) is 0 Å². The smallest absolute Gasteiger partial charge is 0.454 e. The molecule has 2 atom stereocenters. The SMILES string of the molecule is Cc1cccc(CC(=O)C(C)OC(=O)C(C)[O][Al]([CH3])[CH3])n1. The van der Waals surface area contributed by atoms with Crippen LogP contribution in [-0.4, -0.2) is 43.4 Å². The van der Waals surface area contributed by atoms with E-state index < -0.39 is 32.7 Å². The lowest BCUT2D eigenvalue weighted by Crippen LogP contribution is -2.33. The van der Waals surface area contributed by atoms with Gasteiger partial charge in [0.05, 0.1) is 6.42 Å². The van der Waals surface area contributed by atoms with Gasteiger partial charge in [0.2, 0.25) is 0 Å². The van der Waals surface area contributed by atoms with Crippen LogP contribution in [-0.2, 0) is 24.5 Å². The summed E-state index contributed by atoms with van der Waals surface area (Å²) in [7, 11) is 0. The summed E-state index contributed by atoms with van der Waals surface area (Å²) in [6.45, 7) is 5.09. The lowest BCUT2D eigenvalue weighted by molar-refractivity contribution is -0.160. The molecule has 0 aliphatic rings. The number of ketones is 1. The first-order valence-electron chi connectivity index (χ1n) is 7.10. The lowest BCUT2D eigenvalue weighted by Gasteiger charge is -2.18. The van der Waals surface area contributed by atoms with Crippen LogP contribution in [0.3, 0.4) is 0 Å². The molecule has 0 aliphatic carbocycles. The van der Waals surface area contributed by atoms with Crippen molar-refractivity contribution in [3.63, 3.8) is 0 Å². The number of pyridine rings is 1. The molecular weight excluding hydrogens is 285 g/mol. The van der Waals surface area contributed by atoms with Crippen molar-refractivity contribution >= 4 is 26.2 Å². The molecule has 0 saturated heterocycles. The zero-order valence-corrected chi connectivity index (χ0v) is 14.4. The summed E-state index contributed by atoms with van der Waals surface area (Å²) in [5.74, 6) is 3.29. The highest BCUT2D eigenvalue weighted by Gasteiger charge is 2.24. The van der Waals surface area contributed by atoms with Gasteiger partial charge in [-0.3, -0.25) is 9.78 Å². The minimum atomic E-state index is -1.31. The van der Waals surface area contributed by atoms with Gasteiger partial charge in [0, 0.05) is 11.4 Å². The van der Waals surface area contributed by atoms with Crippen molar-refractivity contribution in [2.75, 3.05) is 0 Å². The van der Waals surface area contributed by atoms with Crippen LogP contribution in [0.15, 0.2) is 18.2 Å². The normalized spacial score (nSPS) is 13.4. The van der Waals surface area contributed by atoms with Gasteiger partial charge in [-0.25, -0.2) is 4.79 Å². The Morgan fingerprint density at radius 3 is 2.48 bits per heavy atom. The van der Waals surface area contributed by atoms with Crippen molar-refractivity contribution in [1.29, 1.82) is 0 Å². The van der Waals surface area contributed by atoms with E-state index in [1.54, 1.807) is 19.9 Å².